The second-order valence-corrected chi connectivity index (χ2v) is 7.43. The van der Waals surface area contributed by atoms with Crippen LogP contribution in [0, 0.1) is 0 Å². The second-order valence-electron chi connectivity index (χ2n) is 4.82. The van der Waals surface area contributed by atoms with Crippen molar-refractivity contribution in [3.8, 4) is 0 Å². The van der Waals surface area contributed by atoms with Crippen LogP contribution in [-0.2, 0) is 23.2 Å². The number of hydrogen-bond acceptors (Lipinski definition) is 5. The molecule has 0 saturated carbocycles. The van der Waals surface area contributed by atoms with E-state index in [-0.39, 0.29) is 29.0 Å². The summed E-state index contributed by atoms with van der Waals surface area (Å²) in [6.07, 6.45) is 1.49. The highest BCUT2D eigenvalue weighted by Gasteiger charge is 2.19. The molecule has 0 saturated heterocycles. The fourth-order valence-electron chi connectivity index (χ4n) is 1.91. The maximum Gasteiger partial charge on any atom is 0.304 e. The lowest BCUT2D eigenvalue weighted by atomic mass is 10.3. The van der Waals surface area contributed by atoms with E-state index < -0.39 is 10.0 Å². The molecule has 0 fully saturated rings. The van der Waals surface area contributed by atoms with Gasteiger partial charge in [0.25, 0.3) is 0 Å². The summed E-state index contributed by atoms with van der Waals surface area (Å²) >= 11 is 0.982. The zero-order chi connectivity index (χ0) is 15.6. The third-order valence-corrected chi connectivity index (χ3v) is 5.05. The van der Waals surface area contributed by atoms with Crippen molar-refractivity contribution >= 4 is 21.4 Å². The summed E-state index contributed by atoms with van der Waals surface area (Å²) in [7, 11) is -3.69. The van der Waals surface area contributed by atoms with E-state index in [4.69, 9.17) is 0 Å². The molecule has 0 amide bonds. The number of rotatable bonds is 6. The van der Waals surface area contributed by atoms with Crippen LogP contribution in [-0.4, -0.2) is 23.1 Å². The fraction of sp³-hybridized carbons (Fsp3) is 0.417. The molecule has 0 aliphatic heterocycles. The summed E-state index contributed by atoms with van der Waals surface area (Å²) in [4.78, 5) is 13.4. The van der Waals surface area contributed by atoms with E-state index in [1.807, 2.05) is 13.8 Å². The maximum atomic E-state index is 12.2. The van der Waals surface area contributed by atoms with Crippen molar-refractivity contribution < 1.29 is 13.5 Å². The van der Waals surface area contributed by atoms with Gasteiger partial charge in [-0.05, 0) is 19.9 Å². The Bertz CT molecular complexity index is 771. The normalized spacial score (nSPS) is 12.2. The van der Waals surface area contributed by atoms with E-state index in [0.29, 0.717) is 11.4 Å². The molecule has 0 atom stereocenters. The monoisotopic (exact) mass is 331 g/mol. The highest BCUT2D eigenvalue weighted by Crippen LogP contribution is 2.19. The van der Waals surface area contributed by atoms with Crippen molar-refractivity contribution in [1.82, 2.24) is 14.3 Å². The average Bonchev–Trinajstić information content (AvgIpc) is 3.02. The Balaban J connectivity index is 2.21. The van der Waals surface area contributed by atoms with Crippen molar-refractivity contribution in [1.29, 1.82) is 0 Å². The molecular formula is C12H17N3O4S2. The van der Waals surface area contributed by atoms with Gasteiger partial charge in [0.1, 0.15) is 0 Å². The minimum atomic E-state index is -3.69. The zero-order valence-electron chi connectivity index (χ0n) is 11.7. The topological polar surface area (TPSA) is 104 Å². The molecule has 2 heterocycles. The zero-order valence-corrected chi connectivity index (χ0v) is 13.3. The van der Waals surface area contributed by atoms with Crippen LogP contribution < -0.4 is 9.60 Å². The number of aromatic amines is 1. The summed E-state index contributed by atoms with van der Waals surface area (Å²) in [5.74, 6) is 0. The van der Waals surface area contributed by atoms with Gasteiger partial charge in [-0.1, -0.05) is 11.3 Å². The van der Waals surface area contributed by atoms with Crippen LogP contribution in [0.4, 0.5) is 0 Å². The van der Waals surface area contributed by atoms with Crippen LogP contribution in [0.15, 0.2) is 27.3 Å². The molecule has 0 spiro atoms. The van der Waals surface area contributed by atoms with E-state index >= 15 is 0 Å². The first kappa shape index (κ1) is 16.0. The largest absolute Gasteiger partial charge is 0.390 e. The van der Waals surface area contributed by atoms with Crippen LogP contribution in [0.3, 0.4) is 0 Å². The highest BCUT2D eigenvalue weighted by molar-refractivity contribution is 7.89. The summed E-state index contributed by atoms with van der Waals surface area (Å²) in [5, 5.41) is 10.9. The third kappa shape index (κ3) is 3.62. The minimum absolute atomic E-state index is 0.0163. The van der Waals surface area contributed by atoms with Gasteiger partial charge in [0, 0.05) is 29.0 Å². The number of nitrogens with one attached hydrogen (secondary N) is 2. The number of thiazole rings is 1. The van der Waals surface area contributed by atoms with Crippen LogP contribution in [0.2, 0.25) is 0 Å². The molecule has 0 bridgehead atoms. The number of aliphatic hydroxyl groups excluding tert-OH is 1. The molecule has 3 N–H and O–H groups in total. The molecule has 9 heteroatoms. The predicted octanol–water partition coefficient (Wildman–Crippen LogP) is 0.790. The molecular weight excluding hydrogens is 314 g/mol. The van der Waals surface area contributed by atoms with Crippen molar-refractivity contribution in [3.05, 3.63) is 38.7 Å². The van der Waals surface area contributed by atoms with Gasteiger partial charge < -0.3 is 14.7 Å². The Kier molecular flexibility index (Phi) is 4.67. The van der Waals surface area contributed by atoms with Gasteiger partial charge in [-0.2, -0.15) is 0 Å². The van der Waals surface area contributed by atoms with E-state index in [0.717, 1.165) is 11.3 Å². The highest BCUT2D eigenvalue weighted by atomic mass is 32.2. The molecule has 2 aromatic rings. The Morgan fingerprint density at radius 1 is 1.48 bits per heavy atom. The smallest absolute Gasteiger partial charge is 0.304 e. The van der Waals surface area contributed by atoms with E-state index in [1.54, 1.807) is 9.95 Å². The SMILES string of the molecule is CC(C)n1cc(S(=O)(=O)NCc2csc(=O)[nH]2)cc1CO. The van der Waals surface area contributed by atoms with Crippen molar-refractivity contribution in [3.63, 3.8) is 0 Å². The molecule has 2 rings (SSSR count). The average molecular weight is 331 g/mol. The number of aliphatic hydroxyl groups is 1. The number of nitrogens with zero attached hydrogens (tertiary/aromatic N) is 1. The molecule has 7 nitrogen and oxygen atoms in total. The number of hydrogen-bond donors (Lipinski definition) is 3. The first-order valence-electron chi connectivity index (χ1n) is 6.31. The van der Waals surface area contributed by atoms with Gasteiger partial charge in [-0.3, -0.25) is 4.79 Å². The van der Waals surface area contributed by atoms with Gasteiger partial charge in [-0.15, -0.1) is 0 Å². The standard InChI is InChI=1S/C12H17N3O4S2/c1-8(2)15-5-11(3-10(15)6-16)21(18,19)13-4-9-7-20-12(17)14-9/h3,5,7-8,13,16H,4,6H2,1-2H3,(H,14,17). The van der Waals surface area contributed by atoms with Gasteiger partial charge in [0.05, 0.1) is 18.0 Å². The van der Waals surface area contributed by atoms with Gasteiger partial charge in [0.15, 0.2) is 0 Å². The van der Waals surface area contributed by atoms with Crippen LogP contribution in [0.25, 0.3) is 0 Å². The first-order valence-corrected chi connectivity index (χ1v) is 8.67. The van der Waals surface area contributed by atoms with E-state index in [1.165, 1.54) is 12.3 Å². The van der Waals surface area contributed by atoms with Gasteiger partial charge >= 0.3 is 4.87 Å². The lowest BCUT2D eigenvalue weighted by molar-refractivity contribution is 0.268. The summed E-state index contributed by atoms with van der Waals surface area (Å²) < 4.78 is 28.6. The Labute approximate surface area is 126 Å². The second kappa shape index (κ2) is 6.14. The van der Waals surface area contributed by atoms with Gasteiger partial charge in [0.2, 0.25) is 10.0 Å². The minimum Gasteiger partial charge on any atom is -0.390 e. The summed E-state index contributed by atoms with van der Waals surface area (Å²) in [5.41, 5.74) is 1.05. The number of sulfonamides is 1. The molecule has 0 radical (unpaired) electrons. The molecule has 21 heavy (non-hydrogen) atoms. The van der Waals surface area contributed by atoms with Gasteiger partial charge in [-0.25, -0.2) is 13.1 Å². The molecule has 0 unspecified atom stereocenters. The van der Waals surface area contributed by atoms with Crippen molar-refractivity contribution in [2.75, 3.05) is 0 Å². The summed E-state index contributed by atoms with van der Waals surface area (Å²) in [6, 6.07) is 1.49. The first-order chi connectivity index (χ1) is 9.83. The Morgan fingerprint density at radius 3 is 2.67 bits per heavy atom. The molecule has 0 aliphatic rings. The van der Waals surface area contributed by atoms with E-state index in [9.17, 15) is 18.3 Å². The molecule has 116 valence electrons. The van der Waals surface area contributed by atoms with Crippen LogP contribution in [0.1, 0.15) is 31.3 Å². The molecule has 0 aliphatic carbocycles. The number of aromatic nitrogens is 2. The fourth-order valence-corrected chi connectivity index (χ4v) is 3.54. The van der Waals surface area contributed by atoms with Crippen molar-refractivity contribution in [2.24, 2.45) is 0 Å². The third-order valence-electron chi connectivity index (χ3n) is 2.96. The Hall–Kier alpha value is -1.42. The predicted molar refractivity (Wildman–Crippen MR) is 79.7 cm³/mol. The summed E-state index contributed by atoms with van der Waals surface area (Å²) in [6.45, 7) is 3.59. The molecule has 2 aromatic heterocycles. The quantitative estimate of drug-likeness (QED) is 0.728. The lowest BCUT2D eigenvalue weighted by Crippen LogP contribution is -2.23. The van der Waals surface area contributed by atoms with E-state index in [2.05, 4.69) is 9.71 Å². The Morgan fingerprint density at radius 2 is 2.19 bits per heavy atom. The number of H-pyrrole nitrogens is 1. The lowest BCUT2D eigenvalue weighted by Gasteiger charge is -2.10. The van der Waals surface area contributed by atoms with Crippen molar-refractivity contribution in [2.45, 2.75) is 37.9 Å². The maximum absolute atomic E-state index is 12.2. The van der Waals surface area contributed by atoms with Crippen LogP contribution in [0.5, 0.6) is 0 Å². The molecule has 0 aromatic carbocycles. The van der Waals surface area contributed by atoms with Crippen LogP contribution >= 0.6 is 11.3 Å².